The molecule has 5 rings (SSSR count). The molecule has 35 heavy (non-hydrogen) atoms. The van der Waals surface area contributed by atoms with Gasteiger partial charge in [-0.2, -0.15) is 17.5 Å². The van der Waals surface area contributed by atoms with Crippen LogP contribution in [-0.4, -0.2) is 59.7 Å². The summed E-state index contributed by atoms with van der Waals surface area (Å²) >= 11 is 0. The third-order valence-corrected chi connectivity index (χ3v) is 7.82. The Kier molecular flexibility index (Phi) is 5.85. The number of carbonyl (C=O) groups is 1. The molecule has 0 atom stereocenters. The largest absolute Gasteiger partial charge is 0.416 e. The van der Waals surface area contributed by atoms with Gasteiger partial charge in [0.1, 0.15) is 5.82 Å². The molecule has 2 aliphatic heterocycles. The van der Waals surface area contributed by atoms with Gasteiger partial charge in [-0.3, -0.25) is 9.69 Å². The summed E-state index contributed by atoms with van der Waals surface area (Å²) < 4.78 is 66.5. The zero-order valence-corrected chi connectivity index (χ0v) is 19.1. The lowest BCUT2D eigenvalue weighted by Crippen LogP contribution is -2.35. The van der Waals surface area contributed by atoms with Crippen LogP contribution in [0.4, 0.5) is 19.0 Å². The lowest BCUT2D eigenvalue weighted by molar-refractivity contribution is -0.137. The first-order valence-electron chi connectivity index (χ1n) is 10.8. The number of nitrogens with zero attached hydrogens (tertiary/aromatic N) is 6. The van der Waals surface area contributed by atoms with Gasteiger partial charge >= 0.3 is 6.18 Å². The molecule has 182 valence electrons. The fourth-order valence-corrected chi connectivity index (χ4v) is 5.72. The summed E-state index contributed by atoms with van der Waals surface area (Å²) in [5.41, 5.74) is -0.0446. The van der Waals surface area contributed by atoms with E-state index in [9.17, 15) is 26.4 Å². The molecule has 9 nitrogen and oxygen atoms in total. The fourth-order valence-electron chi connectivity index (χ4n) is 4.21. The zero-order valence-electron chi connectivity index (χ0n) is 18.2. The summed E-state index contributed by atoms with van der Waals surface area (Å²) in [7, 11) is -4.09. The normalized spacial score (nSPS) is 17.6. The number of sulfonamides is 1. The minimum Gasteiger partial charge on any atom is -0.295 e. The Balaban J connectivity index is 1.33. The monoisotopic (exact) mass is 504 g/mol. The molecule has 0 bridgehead atoms. The van der Waals surface area contributed by atoms with Crippen LogP contribution in [0.3, 0.4) is 0 Å². The lowest BCUT2D eigenvalue weighted by Gasteiger charge is -2.22. The van der Waals surface area contributed by atoms with Crippen molar-refractivity contribution in [3.05, 3.63) is 59.4 Å². The van der Waals surface area contributed by atoms with Crippen LogP contribution in [0.5, 0.6) is 0 Å². The van der Waals surface area contributed by atoms with Crippen LogP contribution >= 0.6 is 0 Å². The molecule has 0 spiro atoms. The van der Waals surface area contributed by atoms with E-state index in [1.807, 2.05) is 4.90 Å². The van der Waals surface area contributed by atoms with E-state index in [2.05, 4.69) is 20.2 Å². The second-order valence-corrected chi connectivity index (χ2v) is 10.2. The maximum atomic E-state index is 13.1. The molecular formula is C22H19F3N6O3S. The second kappa shape index (κ2) is 8.73. The van der Waals surface area contributed by atoms with Gasteiger partial charge in [-0.1, -0.05) is 12.1 Å². The molecule has 0 unspecified atom stereocenters. The standard InChI is InChI=1S/C22H19F3N6O3S/c23-22(24,25)14-4-1-5-15(12-14)35(33,34)31-9-3-8-30(10-11-31)13-18-26-17-7-2-6-16-19(17)20(27-18)28-29-21(16)32/h1-2,4-7,12H,3,8-11,13H2. The van der Waals surface area contributed by atoms with Crippen molar-refractivity contribution in [2.24, 2.45) is 10.2 Å². The van der Waals surface area contributed by atoms with Crippen molar-refractivity contribution in [2.75, 3.05) is 26.2 Å². The van der Waals surface area contributed by atoms with Crippen LogP contribution in [0.15, 0.2) is 57.6 Å². The van der Waals surface area contributed by atoms with E-state index >= 15 is 0 Å². The first kappa shape index (κ1) is 23.5. The maximum absolute atomic E-state index is 13.1. The predicted molar refractivity (Wildman–Crippen MR) is 118 cm³/mol. The highest BCUT2D eigenvalue weighted by molar-refractivity contribution is 7.89. The van der Waals surface area contributed by atoms with Gasteiger partial charge in [0, 0.05) is 19.6 Å². The number of carbonyl (C=O) groups excluding carboxylic acids is 1. The summed E-state index contributed by atoms with van der Waals surface area (Å²) in [4.78, 5) is 22.5. The van der Waals surface area contributed by atoms with E-state index in [0.717, 1.165) is 12.1 Å². The number of benzene rings is 2. The van der Waals surface area contributed by atoms with Crippen molar-refractivity contribution >= 4 is 32.7 Å². The topological polar surface area (TPSA) is 108 Å². The van der Waals surface area contributed by atoms with Crippen molar-refractivity contribution < 1.29 is 26.4 Å². The van der Waals surface area contributed by atoms with E-state index < -0.39 is 27.7 Å². The molecule has 13 heteroatoms. The highest BCUT2D eigenvalue weighted by Crippen LogP contribution is 2.32. The van der Waals surface area contributed by atoms with Crippen molar-refractivity contribution in [2.45, 2.75) is 24.0 Å². The smallest absolute Gasteiger partial charge is 0.295 e. The van der Waals surface area contributed by atoms with Crippen molar-refractivity contribution in [3.8, 4) is 0 Å². The number of aromatic nitrogens is 2. The number of rotatable bonds is 4. The highest BCUT2D eigenvalue weighted by Gasteiger charge is 2.33. The summed E-state index contributed by atoms with van der Waals surface area (Å²) in [6.07, 6.45) is -4.15. The molecule has 2 aliphatic rings. The summed E-state index contributed by atoms with van der Waals surface area (Å²) in [6, 6.07) is 8.89. The van der Waals surface area contributed by atoms with E-state index in [0.29, 0.717) is 60.2 Å². The average molecular weight is 504 g/mol. The quantitative estimate of drug-likeness (QED) is 0.535. The zero-order chi connectivity index (χ0) is 24.8. The Morgan fingerprint density at radius 1 is 0.943 bits per heavy atom. The highest BCUT2D eigenvalue weighted by atomic mass is 32.2. The van der Waals surface area contributed by atoms with Crippen molar-refractivity contribution in [1.29, 1.82) is 0 Å². The Bertz CT molecular complexity index is 1460. The van der Waals surface area contributed by atoms with Crippen molar-refractivity contribution in [3.63, 3.8) is 0 Å². The average Bonchev–Trinajstić information content (AvgIpc) is 3.07. The molecule has 2 aromatic carbocycles. The Hall–Kier alpha value is -3.29. The number of hydrogen-bond donors (Lipinski definition) is 0. The van der Waals surface area contributed by atoms with Crippen LogP contribution in [0.25, 0.3) is 10.9 Å². The molecular weight excluding hydrogens is 485 g/mol. The SMILES string of the molecule is O=C1N=Nc2nc(CN3CCCN(S(=O)(=O)c4cccc(C(F)(F)F)c4)CC3)nc3cccc1c23. The predicted octanol–water partition coefficient (Wildman–Crippen LogP) is 3.78. The van der Waals surface area contributed by atoms with Gasteiger partial charge in [-0.05, 0) is 43.3 Å². The Morgan fingerprint density at radius 2 is 1.74 bits per heavy atom. The van der Waals surface area contributed by atoms with E-state index in [1.54, 1.807) is 18.2 Å². The van der Waals surface area contributed by atoms with Crippen LogP contribution in [-0.2, 0) is 22.7 Å². The van der Waals surface area contributed by atoms with E-state index in [1.165, 1.54) is 10.4 Å². The number of hydrogen-bond acceptors (Lipinski definition) is 7. The number of alkyl halides is 3. The third-order valence-electron chi connectivity index (χ3n) is 5.93. The van der Waals surface area contributed by atoms with Crippen LogP contribution < -0.4 is 0 Å². The van der Waals surface area contributed by atoms with Gasteiger partial charge in [0.05, 0.1) is 33.5 Å². The van der Waals surface area contributed by atoms with Gasteiger partial charge in [-0.25, -0.2) is 18.4 Å². The van der Waals surface area contributed by atoms with Gasteiger partial charge in [-0.15, -0.1) is 10.2 Å². The summed E-state index contributed by atoms with van der Waals surface area (Å²) in [6.45, 7) is 1.49. The van der Waals surface area contributed by atoms with Gasteiger partial charge in [0.15, 0.2) is 5.82 Å². The summed E-state index contributed by atoms with van der Waals surface area (Å²) in [5.74, 6) is 0.310. The molecule has 3 heterocycles. The van der Waals surface area contributed by atoms with Crippen LogP contribution in [0.1, 0.15) is 28.2 Å². The molecule has 1 fully saturated rings. The third kappa shape index (κ3) is 4.54. The molecule has 3 aromatic rings. The Labute approximate surface area is 198 Å². The molecule has 1 aromatic heterocycles. The fraction of sp³-hybridized carbons (Fsp3) is 0.318. The summed E-state index contributed by atoms with van der Waals surface area (Å²) in [5, 5.41) is 8.08. The van der Waals surface area contributed by atoms with Crippen LogP contribution in [0.2, 0.25) is 0 Å². The van der Waals surface area contributed by atoms with Crippen molar-refractivity contribution in [1.82, 2.24) is 19.2 Å². The second-order valence-electron chi connectivity index (χ2n) is 8.23. The molecule has 0 radical (unpaired) electrons. The molecule has 1 amide bonds. The number of azo groups is 1. The minimum atomic E-state index is -4.63. The van der Waals surface area contributed by atoms with E-state index in [-0.39, 0.29) is 18.0 Å². The lowest BCUT2D eigenvalue weighted by atomic mass is 10.1. The van der Waals surface area contributed by atoms with Crippen LogP contribution in [0, 0.1) is 0 Å². The molecule has 0 N–H and O–H groups in total. The molecule has 0 aliphatic carbocycles. The van der Waals surface area contributed by atoms with E-state index in [4.69, 9.17) is 0 Å². The van der Waals surface area contributed by atoms with Gasteiger partial charge in [0.2, 0.25) is 10.0 Å². The minimum absolute atomic E-state index is 0.109. The van der Waals surface area contributed by atoms with Gasteiger partial charge < -0.3 is 0 Å². The number of halogens is 3. The maximum Gasteiger partial charge on any atom is 0.416 e. The molecule has 1 saturated heterocycles. The molecule has 0 saturated carbocycles. The first-order chi connectivity index (χ1) is 16.6. The first-order valence-corrected chi connectivity index (χ1v) is 12.2. The van der Waals surface area contributed by atoms with Gasteiger partial charge in [0.25, 0.3) is 5.91 Å². The number of amides is 1. The Morgan fingerprint density at radius 3 is 2.54 bits per heavy atom.